The molecule has 0 aromatic heterocycles. The Morgan fingerprint density at radius 2 is 2.08 bits per heavy atom. The van der Waals surface area contributed by atoms with Gasteiger partial charge in [-0.15, -0.1) is 0 Å². The van der Waals surface area contributed by atoms with Gasteiger partial charge in [-0.1, -0.05) is 17.7 Å². The Hall–Kier alpha value is -2.15. The standard InChI is InChI=1S/C14H16ClN3O5S/c1-9(14(20)21)18(7-6-17-10(2)19)24(22,23)13-5-3-4-12(15)11(13)8-16/h3-5,9H,6-7H2,1-2H3,(H,17,19)(H,20,21). The maximum absolute atomic E-state index is 12.8. The van der Waals surface area contributed by atoms with Crippen LogP contribution < -0.4 is 5.32 Å². The van der Waals surface area contributed by atoms with Crippen LogP contribution in [0.5, 0.6) is 0 Å². The lowest BCUT2D eigenvalue weighted by Gasteiger charge is -2.26. The Labute approximate surface area is 144 Å². The van der Waals surface area contributed by atoms with E-state index < -0.39 is 22.0 Å². The Morgan fingerprint density at radius 3 is 2.58 bits per heavy atom. The fourth-order valence-electron chi connectivity index (χ4n) is 1.94. The van der Waals surface area contributed by atoms with E-state index in [4.69, 9.17) is 22.0 Å². The van der Waals surface area contributed by atoms with Crippen molar-refractivity contribution in [3.05, 3.63) is 28.8 Å². The van der Waals surface area contributed by atoms with Crippen LogP contribution in [0.1, 0.15) is 19.4 Å². The zero-order valence-corrected chi connectivity index (χ0v) is 14.6. The van der Waals surface area contributed by atoms with Gasteiger partial charge in [-0.05, 0) is 19.1 Å². The summed E-state index contributed by atoms with van der Waals surface area (Å²) in [7, 11) is -4.31. The second-order valence-electron chi connectivity index (χ2n) is 4.84. The van der Waals surface area contributed by atoms with Crippen LogP contribution in [-0.4, -0.2) is 48.8 Å². The molecule has 1 rings (SSSR count). The first-order valence-corrected chi connectivity index (χ1v) is 8.62. The fourth-order valence-corrected chi connectivity index (χ4v) is 3.97. The molecule has 8 nitrogen and oxygen atoms in total. The van der Waals surface area contributed by atoms with Gasteiger partial charge < -0.3 is 10.4 Å². The molecule has 24 heavy (non-hydrogen) atoms. The molecule has 0 radical (unpaired) electrons. The van der Waals surface area contributed by atoms with Crippen LogP contribution in [0.2, 0.25) is 5.02 Å². The van der Waals surface area contributed by atoms with E-state index >= 15 is 0 Å². The molecule has 0 spiro atoms. The lowest BCUT2D eigenvalue weighted by atomic mass is 10.2. The van der Waals surface area contributed by atoms with Crippen molar-refractivity contribution in [1.29, 1.82) is 5.26 Å². The first-order valence-electron chi connectivity index (χ1n) is 6.80. The van der Waals surface area contributed by atoms with Crippen LogP contribution in [-0.2, 0) is 19.6 Å². The number of hydrogen-bond acceptors (Lipinski definition) is 5. The van der Waals surface area contributed by atoms with E-state index in [0.29, 0.717) is 4.31 Å². The normalized spacial score (nSPS) is 12.5. The number of hydrogen-bond donors (Lipinski definition) is 2. The zero-order chi connectivity index (χ0) is 18.5. The molecule has 0 aliphatic carbocycles. The molecule has 0 bridgehead atoms. The van der Waals surface area contributed by atoms with E-state index in [0.717, 1.165) is 0 Å². The van der Waals surface area contributed by atoms with Gasteiger partial charge in [0, 0.05) is 20.0 Å². The summed E-state index contributed by atoms with van der Waals surface area (Å²) in [5, 5.41) is 20.7. The third-order valence-corrected chi connectivity index (χ3v) is 5.50. The third-order valence-electron chi connectivity index (χ3n) is 3.17. The molecule has 0 fully saturated rings. The highest BCUT2D eigenvalue weighted by atomic mass is 35.5. The Balaban J connectivity index is 3.35. The molecule has 0 heterocycles. The van der Waals surface area contributed by atoms with Gasteiger partial charge in [0.25, 0.3) is 0 Å². The van der Waals surface area contributed by atoms with Gasteiger partial charge in [0.05, 0.1) is 10.6 Å². The molecule has 0 saturated heterocycles. The fraction of sp³-hybridized carbons (Fsp3) is 0.357. The zero-order valence-electron chi connectivity index (χ0n) is 13.0. The molecular weight excluding hydrogens is 358 g/mol. The summed E-state index contributed by atoms with van der Waals surface area (Å²) in [5.74, 6) is -1.74. The van der Waals surface area contributed by atoms with E-state index in [-0.39, 0.29) is 34.5 Å². The minimum absolute atomic E-state index is 0.0524. The highest BCUT2D eigenvalue weighted by molar-refractivity contribution is 7.89. The largest absolute Gasteiger partial charge is 0.480 e. The molecule has 10 heteroatoms. The first-order chi connectivity index (χ1) is 11.1. The minimum Gasteiger partial charge on any atom is -0.480 e. The number of nitrogens with one attached hydrogen (secondary N) is 1. The molecule has 1 aromatic carbocycles. The molecule has 1 aromatic rings. The van der Waals surface area contributed by atoms with Gasteiger partial charge in [0.2, 0.25) is 15.9 Å². The van der Waals surface area contributed by atoms with Crippen molar-refractivity contribution < 1.29 is 23.1 Å². The SMILES string of the molecule is CC(=O)NCCN(C(C)C(=O)O)S(=O)(=O)c1cccc(Cl)c1C#N. The Bertz CT molecular complexity index is 788. The number of aliphatic carboxylic acids is 1. The molecular formula is C14H16ClN3O5S. The number of rotatable bonds is 7. The number of carboxylic acids is 1. The number of nitriles is 1. The monoisotopic (exact) mass is 373 g/mol. The minimum atomic E-state index is -4.31. The number of carboxylic acid groups (broad SMARTS) is 1. The van der Waals surface area contributed by atoms with E-state index in [1.165, 1.54) is 32.0 Å². The van der Waals surface area contributed by atoms with Crippen LogP contribution in [0.25, 0.3) is 0 Å². The second-order valence-corrected chi connectivity index (χ2v) is 7.10. The molecule has 0 saturated carbocycles. The summed E-state index contributed by atoms with van der Waals surface area (Å²) in [6, 6.07) is 4.22. The molecule has 130 valence electrons. The number of halogens is 1. The van der Waals surface area contributed by atoms with Crippen LogP contribution in [0.15, 0.2) is 23.1 Å². The van der Waals surface area contributed by atoms with E-state index in [1.807, 2.05) is 0 Å². The molecule has 0 aliphatic rings. The summed E-state index contributed by atoms with van der Waals surface area (Å²) in [6.07, 6.45) is 0. The quantitative estimate of drug-likeness (QED) is 0.728. The number of carbonyl (C=O) groups excluding carboxylic acids is 1. The van der Waals surface area contributed by atoms with Crippen LogP contribution in [0.3, 0.4) is 0 Å². The number of amides is 1. The number of sulfonamides is 1. The van der Waals surface area contributed by atoms with Crippen LogP contribution in [0.4, 0.5) is 0 Å². The van der Waals surface area contributed by atoms with E-state index in [9.17, 15) is 18.0 Å². The molecule has 1 amide bonds. The molecule has 0 aliphatic heterocycles. The van der Waals surface area contributed by atoms with E-state index in [2.05, 4.69) is 5.32 Å². The predicted octanol–water partition coefficient (Wildman–Crippen LogP) is 0.812. The van der Waals surface area contributed by atoms with Crippen molar-refractivity contribution in [2.45, 2.75) is 24.8 Å². The molecule has 1 atom stereocenters. The van der Waals surface area contributed by atoms with Crippen LogP contribution in [0, 0.1) is 11.3 Å². The van der Waals surface area contributed by atoms with Gasteiger partial charge in [0.15, 0.2) is 0 Å². The predicted molar refractivity (Wildman–Crippen MR) is 85.8 cm³/mol. The van der Waals surface area contributed by atoms with Crippen molar-refractivity contribution in [2.75, 3.05) is 13.1 Å². The number of nitrogens with zero attached hydrogens (tertiary/aromatic N) is 2. The summed E-state index contributed by atoms with van der Waals surface area (Å²) in [6.45, 7) is 2.11. The van der Waals surface area contributed by atoms with Gasteiger partial charge in [-0.3, -0.25) is 9.59 Å². The second kappa shape index (κ2) is 8.10. The lowest BCUT2D eigenvalue weighted by Crippen LogP contribution is -2.46. The molecule has 2 N–H and O–H groups in total. The maximum Gasteiger partial charge on any atom is 0.321 e. The van der Waals surface area contributed by atoms with Gasteiger partial charge in [-0.25, -0.2) is 8.42 Å². The lowest BCUT2D eigenvalue weighted by molar-refractivity contribution is -0.140. The van der Waals surface area contributed by atoms with Crippen molar-refractivity contribution in [1.82, 2.24) is 9.62 Å². The summed E-state index contributed by atoms with van der Waals surface area (Å²) in [5.41, 5.74) is -0.263. The highest BCUT2D eigenvalue weighted by Crippen LogP contribution is 2.26. The summed E-state index contributed by atoms with van der Waals surface area (Å²) < 4.78 is 26.4. The topological polar surface area (TPSA) is 128 Å². The number of carbonyl (C=O) groups is 2. The number of benzene rings is 1. The van der Waals surface area contributed by atoms with Gasteiger partial charge >= 0.3 is 5.97 Å². The Morgan fingerprint density at radius 1 is 1.46 bits per heavy atom. The van der Waals surface area contributed by atoms with Crippen molar-refractivity contribution in [2.24, 2.45) is 0 Å². The van der Waals surface area contributed by atoms with Crippen LogP contribution >= 0.6 is 11.6 Å². The average molecular weight is 374 g/mol. The average Bonchev–Trinajstić information content (AvgIpc) is 2.50. The smallest absolute Gasteiger partial charge is 0.321 e. The van der Waals surface area contributed by atoms with Gasteiger partial charge in [0.1, 0.15) is 17.0 Å². The summed E-state index contributed by atoms with van der Waals surface area (Å²) >= 11 is 5.85. The van der Waals surface area contributed by atoms with E-state index in [1.54, 1.807) is 6.07 Å². The van der Waals surface area contributed by atoms with Crippen molar-refractivity contribution >= 4 is 33.5 Å². The maximum atomic E-state index is 12.8. The van der Waals surface area contributed by atoms with Crippen molar-refractivity contribution in [3.8, 4) is 6.07 Å². The Kier molecular flexibility index (Phi) is 6.71. The summed E-state index contributed by atoms with van der Waals surface area (Å²) in [4.78, 5) is 21.8. The first kappa shape index (κ1) is 19.9. The third kappa shape index (κ3) is 4.44. The van der Waals surface area contributed by atoms with Gasteiger partial charge in [-0.2, -0.15) is 9.57 Å². The van der Waals surface area contributed by atoms with Crippen molar-refractivity contribution in [3.63, 3.8) is 0 Å². The molecule has 1 unspecified atom stereocenters. The highest BCUT2D eigenvalue weighted by Gasteiger charge is 2.34.